The second-order valence-electron chi connectivity index (χ2n) is 4.76. The fourth-order valence-corrected chi connectivity index (χ4v) is 2.51. The summed E-state index contributed by atoms with van der Waals surface area (Å²) in [5.74, 6) is -0.497. The van der Waals surface area contributed by atoms with Gasteiger partial charge in [-0.25, -0.2) is 0 Å². The highest BCUT2D eigenvalue weighted by molar-refractivity contribution is 5.22. The van der Waals surface area contributed by atoms with Crippen LogP contribution in [-0.2, 0) is 18.9 Å². The van der Waals surface area contributed by atoms with Gasteiger partial charge >= 0.3 is 0 Å². The van der Waals surface area contributed by atoms with E-state index in [9.17, 15) is 10.2 Å². The molecule has 120 valence electrons. The van der Waals surface area contributed by atoms with Crippen LogP contribution < -0.4 is 4.84 Å². The van der Waals surface area contributed by atoms with Crippen molar-refractivity contribution in [2.75, 3.05) is 21.3 Å². The Morgan fingerprint density at radius 3 is 1.95 bits per heavy atom. The average molecular weight is 303 g/mol. The van der Waals surface area contributed by atoms with Gasteiger partial charge in [0.05, 0.1) is 6.10 Å². The molecule has 0 aromatic carbocycles. The Labute approximate surface area is 122 Å². The minimum Gasteiger partial charge on any atom is -0.492 e. The molecule has 0 radical (unpaired) electrons. The van der Waals surface area contributed by atoms with Crippen molar-refractivity contribution in [3.05, 3.63) is 12.1 Å². The summed E-state index contributed by atoms with van der Waals surface area (Å²) in [5.41, 5.74) is 0. The summed E-state index contributed by atoms with van der Waals surface area (Å²) >= 11 is 0. The number of hydrogen-bond acceptors (Lipinski definition) is 7. The van der Waals surface area contributed by atoms with Crippen LogP contribution in [0.2, 0.25) is 0 Å². The number of hydrogen-bond donors (Lipinski definition) is 2. The molecule has 2 N–H and O–H groups in total. The lowest BCUT2D eigenvalue weighted by Crippen LogP contribution is -2.61. The molecule has 1 aliphatic rings. The van der Waals surface area contributed by atoms with E-state index in [0.29, 0.717) is 0 Å². The first-order valence-electron chi connectivity index (χ1n) is 6.54. The first-order valence-corrected chi connectivity index (χ1v) is 6.54. The Balaban J connectivity index is 2.22. The van der Waals surface area contributed by atoms with E-state index >= 15 is 0 Å². The van der Waals surface area contributed by atoms with E-state index in [4.69, 9.17) is 23.8 Å². The van der Waals surface area contributed by atoms with Gasteiger partial charge < -0.3 is 34.0 Å². The maximum absolute atomic E-state index is 9.63. The Kier molecular flexibility index (Phi) is 4.94. The van der Waals surface area contributed by atoms with Gasteiger partial charge in [0.15, 0.2) is 6.10 Å². The van der Waals surface area contributed by atoms with E-state index in [1.54, 1.807) is 14.2 Å². The summed E-state index contributed by atoms with van der Waals surface area (Å²) in [4.78, 5) is 5.49. The molecule has 1 aliphatic heterocycles. The molecule has 0 bridgehead atoms. The summed E-state index contributed by atoms with van der Waals surface area (Å²) in [7, 11) is 4.60. The molecular formula is C13H21NO7. The van der Waals surface area contributed by atoms with Crippen molar-refractivity contribution < 1.29 is 34.0 Å². The second-order valence-corrected chi connectivity index (χ2v) is 4.76. The minimum absolute atomic E-state index is 0.249. The van der Waals surface area contributed by atoms with Crippen LogP contribution in [0.25, 0.3) is 0 Å². The van der Waals surface area contributed by atoms with E-state index in [1.165, 1.54) is 19.2 Å². The molecule has 0 saturated carbocycles. The zero-order chi connectivity index (χ0) is 15.6. The Morgan fingerprint density at radius 2 is 1.48 bits per heavy atom. The molecule has 0 unspecified atom stereocenters. The Morgan fingerprint density at radius 1 is 0.952 bits per heavy atom. The maximum atomic E-state index is 9.63. The third kappa shape index (κ3) is 2.93. The van der Waals surface area contributed by atoms with E-state index in [-0.39, 0.29) is 24.0 Å². The largest absolute Gasteiger partial charge is 0.492 e. The standard InChI is InChI=1S/C13H21NO7/c1-7-10(17-2)11(18-3)12(19-4)13(20-7)21-14-8(15)5-6-9(14)16/h5-7,10-13,15-16H,1-4H3/t7-,10-,11+,12+,13-/m0/s1. The van der Waals surface area contributed by atoms with E-state index in [2.05, 4.69) is 0 Å². The van der Waals surface area contributed by atoms with Crippen LogP contribution in [0, 0.1) is 0 Å². The van der Waals surface area contributed by atoms with Gasteiger partial charge in [0.25, 0.3) is 6.29 Å². The van der Waals surface area contributed by atoms with E-state index in [1.807, 2.05) is 6.92 Å². The Bertz CT molecular complexity index is 444. The highest BCUT2D eigenvalue weighted by Crippen LogP contribution is 2.28. The van der Waals surface area contributed by atoms with Gasteiger partial charge in [0.1, 0.15) is 12.2 Å². The van der Waals surface area contributed by atoms with Crippen molar-refractivity contribution in [2.45, 2.75) is 37.6 Å². The molecule has 1 aromatic rings. The van der Waals surface area contributed by atoms with Crippen LogP contribution in [0.3, 0.4) is 0 Å². The van der Waals surface area contributed by atoms with E-state index in [0.717, 1.165) is 4.73 Å². The van der Waals surface area contributed by atoms with Crippen molar-refractivity contribution in [2.24, 2.45) is 0 Å². The van der Waals surface area contributed by atoms with E-state index < -0.39 is 18.5 Å². The summed E-state index contributed by atoms with van der Waals surface area (Å²) in [5, 5.41) is 19.3. The quantitative estimate of drug-likeness (QED) is 0.798. The number of methoxy groups -OCH3 is 3. The van der Waals surface area contributed by atoms with Crippen LogP contribution >= 0.6 is 0 Å². The van der Waals surface area contributed by atoms with Gasteiger partial charge in [-0.1, -0.05) is 0 Å². The van der Waals surface area contributed by atoms with Gasteiger partial charge in [-0.3, -0.25) is 0 Å². The Hall–Kier alpha value is -1.48. The van der Waals surface area contributed by atoms with Crippen molar-refractivity contribution in [1.82, 2.24) is 4.73 Å². The predicted octanol–water partition coefficient (Wildman–Crippen LogP) is 0.118. The molecule has 1 aromatic heterocycles. The fourth-order valence-electron chi connectivity index (χ4n) is 2.51. The highest BCUT2D eigenvalue weighted by Gasteiger charge is 2.47. The highest BCUT2D eigenvalue weighted by atomic mass is 16.8. The minimum atomic E-state index is -0.884. The first kappa shape index (κ1) is 15.9. The number of aromatic nitrogens is 1. The van der Waals surface area contributed by atoms with Crippen molar-refractivity contribution in [3.8, 4) is 11.8 Å². The van der Waals surface area contributed by atoms with Crippen LogP contribution in [0.1, 0.15) is 6.92 Å². The predicted molar refractivity (Wildman–Crippen MR) is 71.1 cm³/mol. The molecule has 8 nitrogen and oxygen atoms in total. The van der Waals surface area contributed by atoms with Gasteiger partial charge in [-0.15, -0.1) is 4.73 Å². The molecular weight excluding hydrogens is 282 g/mol. The number of aromatic hydroxyl groups is 2. The lowest BCUT2D eigenvalue weighted by molar-refractivity contribution is -0.305. The molecule has 0 aliphatic carbocycles. The molecule has 8 heteroatoms. The van der Waals surface area contributed by atoms with Crippen molar-refractivity contribution in [3.63, 3.8) is 0 Å². The van der Waals surface area contributed by atoms with Crippen molar-refractivity contribution >= 4 is 0 Å². The average Bonchev–Trinajstić information content (AvgIpc) is 2.78. The van der Waals surface area contributed by atoms with Gasteiger partial charge in [-0.2, -0.15) is 0 Å². The van der Waals surface area contributed by atoms with Crippen LogP contribution in [0.15, 0.2) is 12.1 Å². The van der Waals surface area contributed by atoms with Gasteiger partial charge in [-0.05, 0) is 6.92 Å². The fraction of sp³-hybridized carbons (Fsp3) is 0.692. The normalized spacial score (nSPS) is 33.0. The zero-order valence-electron chi connectivity index (χ0n) is 12.4. The maximum Gasteiger partial charge on any atom is 0.254 e. The van der Waals surface area contributed by atoms with Crippen LogP contribution in [-0.4, -0.2) is 67.0 Å². The topological polar surface area (TPSA) is 91.5 Å². The summed E-state index contributed by atoms with van der Waals surface area (Å²) < 4.78 is 22.8. The first-order chi connectivity index (χ1) is 10.0. The smallest absolute Gasteiger partial charge is 0.254 e. The SMILES string of the molecule is CO[C@@H]1[C@@H](OC)[C@H](C)O[C@@H](On2c(O)ccc2O)[C@@H]1OC. The van der Waals surface area contributed by atoms with Crippen LogP contribution in [0.4, 0.5) is 0 Å². The monoisotopic (exact) mass is 303 g/mol. The molecule has 5 atom stereocenters. The summed E-state index contributed by atoms with van der Waals surface area (Å²) in [6.45, 7) is 1.82. The zero-order valence-corrected chi connectivity index (χ0v) is 12.4. The third-order valence-corrected chi connectivity index (χ3v) is 3.55. The molecule has 2 rings (SSSR count). The number of nitrogens with zero attached hydrogens (tertiary/aromatic N) is 1. The molecule has 0 spiro atoms. The molecule has 1 fully saturated rings. The van der Waals surface area contributed by atoms with Crippen LogP contribution in [0.5, 0.6) is 11.8 Å². The van der Waals surface area contributed by atoms with Crippen molar-refractivity contribution in [1.29, 1.82) is 0 Å². The molecule has 0 amide bonds. The second kappa shape index (κ2) is 6.52. The number of rotatable bonds is 5. The lowest BCUT2D eigenvalue weighted by atomic mass is 9.99. The molecule has 21 heavy (non-hydrogen) atoms. The summed E-state index contributed by atoms with van der Waals surface area (Å²) in [6.07, 6.45) is -2.56. The lowest BCUT2D eigenvalue weighted by Gasteiger charge is -2.43. The molecule has 1 saturated heterocycles. The molecule has 2 heterocycles. The van der Waals surface area contributed by atoms with Gasteiger partial charge in [0, 0.05) is 33.5 Å². The summed E-state index contributed by atoms with van der Waals surface area (Å²) in [6, 6.07) is 2.60. The number of ether oxygens (including phenoxy) is 4. The van der Waals surface area contributed by atoms with Gasteiger partial charge in [0.2, 0.25) is 11.8 Å². The third-order valence-electron chi connectivity index (χ3n) is 3.55.